The number of hydrazone groups is 1. The van der Waals surface area contributed by atoms with E-state index in [1.165, 1.54) is 10.8 Å². The topological polar surface area (TPSA) is 72.4 Å². The second-order valence-corrected chi connectivity index (χ2v) is 6.34. The fourth-order valence-electron chi connectivity index (χ4n) is 2.44. The van der Waals surface area contributed by atoms with Crippen LogP contribution >= 0.6 is 35.4 Å². The van der Waals surface area contributed by atoms with Crippen LogP contribution in [0.2, 0.25) is 10.2 Å². The lowest BCUT2D eigenvalue weighted by Crippen LogP contribution is -2.24. The highest BCUT2D eigenvalue weighted by Gasteiger charge is 2.20. The van der Waals surface area contributed by atoms with Crippen LogP contribution in [0.1, 0.15) is 15.9 Å². The summed E-state index contributed by atoms with van der Waals surface area (Å²) in [5.74, 6) is -0.264. The Bertz CT molecular complexity index is 996. The first-order valence-corrected chi connectivity index (χ1v) is 8.33. The third-order valence-corrected chi connectivity index (χ3v) is 4.23. The molecule has 126 valence electrons. The SMILES string of the molecule is NC(=S)NN=Cc1c(Cl)n(C(=O)c2ccc(Cl)cc2)c2ccccc12. The fraction of sp³-hybridized carbons (Fsp3) is 0. The molecule has 2 aromatic carbocycles. The molecular weight excluding hydrogens is 379 g/mol. The summed E-state index contributed by atoms with van der Waals surface area (Å²) in [5.41, 5.74) is 9.55. The third-order valence-electron chi connectivity index (χ3n) is 3.52. The summed E-state index contributed by atoms with van der Waals surface area (Å²) >= 11 is 17.1. The molecule has 5 nitrogen and oxygen atoms in total. The lowest BCUT2D eigenvalue weighted by atomic mass is 10.2. The van der Waals surface area contributed by atoms with Gasteiger partial charge in [-0.2, -0.15) is 5.10 Å². The lowest BCUT2D eigenvalue weighted by Gasteiger charge is -2.06. The molecule has 0 saturated heterocycles. The maximum absolute atomic E-state index is 12.9. The number of nitrogens with two attached hydrogens (primary N) is 1. The molecule has 0 aliphatic rings. The van der Waals surface area contributed by atoms with Gasteiger partial charge in [0.1, 0.15) is 5.15 Å². The maximum Gasteiger partial charge on any atom is 0.263 e. The third kappa shape index (κ3) is 3.51. The van der Waals surface area contributed by atoms with Crippen molar-refractivity contribution in [3.05, 3.63) is 69.8 Å². The first kappa shape index (κ1) is 17.4. The van der Waals surface area contributed by atoms with Gasteiger partial charge in [-0.15, -0.1) is 0 Å². The molecule has 0 unspecified atom stereocenters. The van der Waals surface area contributed by atoms with Crippen LogP contribution in [0.3, 0.4) is 0 Å². The summed E-state index contributed by atoms with van der Waals surface area (Å²) in [5, 5.41) is 5.56. The van der Waals surface area contributed by atoms with Crippen LogP contribution < -0.4 is 11.2 Å². The number of rotatable bonds is 3. The zero-order valence-electron chi connectivity index (χ0n) is 12.7. The molecule has 25 heavy (non-hydrogen) atoms. The van der Waals surface area contributed by atoms with Crippen molar-refractivity contribution < 1.29 is 4.79 Å². The van der Waals surface area contributed by atoms with Crippen LogP contribution in [0.15, 0.2) is 53.6 Å². The Morgan fingerprint density at radius 1 is 1.16 bits per heavy atom. The Kier molecular flexibility index (Phi) is 5.03. The van der Waals surface area contributed by atoms with Gasteiger partial charge in [0.15, 0.2) is 5.11 Å². The Morgan fingerprint density at radius 3 is 2.52 bits per heavy atom. The number of para-hydroxylation sites is 1. The first-order valence-electron chi connectivity index (χ1n) is 7.16. The molecule has 0 atom stereocenters. The first-order chi connectivity index (χ1) is 12.0. The Morgan fingerprint density at radius 2 is 1.84 bits per heavy atom. The van der Waals surface area contributed by atoms with Gasteiger partial charge < -0.3 is 5.73 Å². The van der Waals surface area contributed by atoms with E-state index >= 15 is 0 Å². The van der Waals surface area contributed by atoms with E-state index in [0.717, 1.165) is 5.39 Å². The zero-order chi connectivity index (χ0) is 18.0. The number of carbonyl (C=O) groups excluding carboxylic acids is 1. The minimum atomic E-state index is -0.264. The molecule has 0 aliphatic heterocycles. The van der Waals surface area contributed by atoms with Crippen molar-refractivity contribution in [2.75, 3.05) is 0 Å². The monoisotopic (exact) mass is 390 g/mol. The molecule has 0 bridgehead atoms. The van der Waals surface area contributed by atoms with Gasteiger partial charge in [0.05, 0.1) is 11.7 Å². The molecule has 0 aliphatic carbocycles. The second kappa shape index (κ2) is 7.23. The quantitative estimate of drug-likeness (QED) is 0.405. The second-order valence-electron chi connectivity index (χ2n) is 5.10. The summed E-state index contributed by atoms with van der Waals surface area (Å²) < 4.78 is 1.43. The van der Waals surface area contributed by atoms with Gasteiger partial charge in [0.2, 0.25) is 0 Å². The van der Waals surface area contributed by atoms with Crippen molar-refractivity contribution in [1.29, 1.82) is 0 Å². The number of hydrogen-bond acceptors (Lipinski definition) is 3. The minimum absolute atomic E-state index is 0.0355. The van der Waals surface area contributed by atoms with Gasteiger partial charge in [-0.05, 0) is 42.5 Å². The van der Waals surface area contributed by atoms with E-state index in [2.05, 4.69) is 10.5 Å². The van der Waals surface area contributed by atoms with E-state index in [-0.39, 0.29) is 16.2 Å². The van der Waals surface area contributed by atoms with E-state index < -0.39 is 0 Å². The summed E-state index contributed by atoms with van der Waals surface area (Å²) in [6, 6.07) is 14.0. The average molecular weight is 391 g/mol. The van der Waals surface area contributed by atoms with Gasteiger partial charge in [0.25, 0.3) is 5.91 Å². The van der Waals surface area contributed by atoms with Gasteiger partial charge in [0, 0.05) is 21.5 Å². The molecule has 0 spiro atoms. The number of fused-ring (bicyclic) bond motifs is 1. The summed E-state index contributed by atoms with van der Waals surface area (Å²) in [6.45, 7) is 0. The number of carbonyl (C=O) groups is 1. The Labute approximate surface area is 159 Å². The molecule has 8 heteroatoms. The molecule has 3 aromatic rings. The highest BCUT2D eigenvalue weighted by atomic mass is 35.5. The van der Waals surface area contributed by atoms with Crippen LogP contribution in [-0.4, -0.2) is 21.8 Å². The molecule has 0 fully saturated rings. The minimum Gasteiger partial charge on any atom is -0.375 e. The summed E-state index contributed by atoms with van der Waals surface area (Å²) in [7, 11) is 0. The van der Waals surface area contributed by atoms with Crippen molar-refractivity contribution in [2.45, 2.75) is 0 Å². The molecule has 0 radical (unpaired) electrons. The largest absolute Gasteiger partial charge is 0.375 e. The average Bonchev–Trinajstić information content (AvgIpc) is 2.87. The van der Waals surface area contributed by atoms with Gasteiger partial charge in [-0.1, -0.05) is 41.4 Å². The van der Waals surface area contributed by atoms with Gasteiger partial charge in [-0.3, -0.25) is 14.8 Å². The number of halogens is 2. The molecule has 1 aromatic heterocycles. The molecular formula is C17H12Cl2N4OS. The van der Waals surface area contributed by atoms with E-state index in [0.29, 0.717) is 21.7 Å². The standard InChI is InChI=1S/C17H12Cl2N4OS/c18-11-7-5-10(6-8-11)16(24)23-14-4-2-1-3-12(14)13(15(23)19)9-21-22-17(20)25/h1-9H,(H3,20,22,25). The zero-order valence-corrected chi connectivity index (χ0v) is 15.1. The number of benzene rings is 2. The van der Waals surface area contributed by atoms with Crippen molar-refractivity contribution >= 4 is 63.6 Å². The smallest absolute Gasteiger partial charge is 0.263 e. The van der Waals surface area contributed by atoms with Crippen LogP contribution in [0, 0.1) is 0 Å². The molecule has 1 heterocycles. The van der Waals surface area contributed by atoms with Crippen LogP contribution in [0.4, 0.5) is 0 Å². The highest BCUT2D eigenvalue weighted by molar-refractivity contribution is 7.80. The number of nitrogens with zero attached hydrogens (tertiary/aromatic N) is 2. The van der Waals surface area contributed by atoms with Crippen LogP contribution in [0.5, 0.6) is 0 Å². The number of nitrogens with one attached hydrogen (secondary N) is 1. The molecule has 0 amide bonds. The predicted molar refractivity (Wildman–Crippen MR) is 106 cm³/mol. The maximum atomic E-state index is 12.9. The highest BCUT2D eigenvalue weighted by Crippen LogP contribution is 2.29. The van der Waals surface area contributed by atoms with Crippen molar-refractivity contribution in [1.82, 2.24) is 9.99 Å². The van der Waals surface area contributed by atoms with Crippen molar-refractivity contribution in [2.24, 2.45) is 10.8 Å². The number of thiocarbonyl (C=S) groups is 1. The molecule has 3 rings (SSSR count). The fourth-order valence-corrected chi connectivity index (χ4v) is 2.93. The van der Waals surface area contributed by atoms with E-state index in [1.807, 2.05) is 24.3 Å². The molecule has 0 saturated carbocycles. The van der Waals surface area contributed by atoms with Gasteiger partial charge in [-0.25, -0.2) is 0 Å². The van der Waals surface area contributed by atoms with Crippen LogP contribution in [-0.2, 0) is 0 Å². The van der Waals surface area contributed by atoms with E-state index in [4.69, 9.17) is 41.2 Å². The number of hydrogen-bond donors (Lipinski definition) is 2. The Hall–Kier alpha value is -2.41. The van der Waals surface area contributed by atoms with Gasteiger partial charge >= 0.3 is 0 Å². The normalized spacial score (nSPS) is 11.1. The lowest BCUT2D eigenvalue weighted by molar-refractivity contribution is 0.0965. The predicted octanol–water partition coefficient (Wildman–Crippen LogP) is 3.80. The van der Waals surface area contributed by atoms with Crippen LogP contribution in [0.25, 0.3) is 10.9 Å². The van der Waals surface area contributed by atoms with Crippen molar-refractivity contribution in [3.8, 4) is 0 Å². The van der Waals surface area contributed by atoms with E-state index in [9.17, 15) is 4.79 Å². The Balaban J connectivity index is 2.13. The summed E-state index contributed by atoms with van der Waals surface area (Å²) in [4.78, 5) is 12.9. The van der Waals surface area contributed by atoms with Crippen molar-refractivity contribution in [3.63, 3.8) is 0 Å². The number of aromatic nitrogens is 1. The molecule has 3 N–H and O–H groups in total. The summed E-state index contributed by atoms with van der Waals surface area (Å²) in [6.07, 6.45) is 1.48. The van der Waals surface area contributed by atoms with E-state index in [1.54, 1.807) is 24.3 Å².